The summed E-state index contributed by atoms with van der Waals surface area (Å²) in [6.07, 6.45) is 1.75. The van der Waals surface area contributed by atoms with Crippen LogP contribution in [0.4, 0.5) is 17.6 Å². The van der Waals surface area contributed by atoms with E-state index in [1.807, 2.05) is 0 Å². The number of phenols is 1. The number of benzene rings is 2. The van der Waals surface area contributed by atoms with Gasteiger partial charge in [0, 0.05) is 17.3 Å². The van der Waals surface area contributed by atoms with Gasteiger partial charge in [0.1, 0.15) is 11.4 Å². The minimum absolute atomic E-state index is 0.0513. The Labute approximate surface area is 153 Å². The smallest absolute Gasteiger partial charge is 0.200 e. The summed E-state index contributed by atoms with van der Waals surface area (Å²) in [4.78, 5) is 12.5. The first kappa shape index (κ1) is 18.2. The zero-order chi connectivity index (χ0) is 19.2. The summed E-state index contributed by atoms with van der Waals surface area (Å²) in [7, 11) is 0. The molecule has 0 amide bonds. The third kappa shape index (κ3) is 3.02. The standard InChI is InChI=1S/C16H6Cl2F4N2O2/c17-7-1-8(16(26)9(18)2-7)15(25)6-4-23-24(5-6)14-12(21)10(19)3-11(20)13(14)22/h1-5,26H. The van der Waals surface area contributed by atoms with Gasteiger partial charge in [-0.2, -0.15) is 5.10 Å². The predicted octanol–water partition coefficient (Wildman–Crippen LogP) is 4.67. The summed E-state index contributed by atoms with van der Waals surface area (Å²) in [6.45, 7) is 0. The third-order valence-electron chi connectivity index (χ3n) is 3.44. The van der Waals surface area contributed by atoms with Gasteiger partial charge in [0.25, 0.3) is 0 Å². The van der Waals surface area contributed by atoms with Crippen LogP contribution < -0.4 is 0 Å². The number of carbonyl (C=O) groups excluding carboxylic acids is 1. The highest BCUT2D eigenvalue weighted by molar-refractivity contribution is 6.36. The molecule has 10 heteroatoms. The monoisotopic (exact) mass is 404 g/mol. The van der Waals surface area contributed by atoms with Gasteiger partial charge in [-0.1, -0.05) is 23.2 Å². The molecule has 26 heavy (non-hydrogen) atoms. The average molecular weight is 405 g/mol. The molecule has 0 aliphatic rings. The van der Waals surface area contributed by atoms with Crippen molar-refractivity contribution >= 4 is 29.0 Å². The first-order valence-electron chi connectivity index (χ1n) is 6.81. The number of aromatic hydroxyl groups is 1. The molecular weight excluding hydrogens is 399 g/mol. The second kappa shape index (κ2) is 6.62. The summed E-state index contributed by atoms with van der Waals surface area (Å²) in [5.41, 5.74) is -1.65. The van der Waals surface area contributed by atoms with Crippen LogP contribution in [0.15, 0.2) is 30.6 Å². The fourth-order valence-corrected chi connectivity index (χ4v) is 2.71. The van der Waals surface area contributed by atoms with Crippen LogP contribution >= 0.6 is 23.2 Å². The van der Waals surface area contributed by atoms with Gasteiger partial charge < -0.3 is 5.11 Å². The van der Waals surface area contributed by atoms with Crippen molar-refractivity contribution in [3.05, 3.63) is 75.0 Å². The summed E-state index contributed by atoms with van der Waals surface area (Å²) in [6, 6.07) is 2.39. The fraction of sp³-hybridized carbons (Fsp3) is 0. The lowest BCUT2D eigenvalue weighted by molar-refractivity contribution is 0.103. The Morgan fingerprint density at radius 2 is 1.65 bits per heavy atom. The van der Waals surface area contributed by atoms with Gasteiger partial charge in [0.2, 0.25) is 0 Å². The van der Waals surface area contributed by atoms with Crippen LogP contribution in [-0.2, 0) is 0 Å². The Bertz CT molecular complexity index is 1030. The summed E-state index contributed by atoms with van der Waals surface area (Å²) >= 11 is 11.5. The molecule has 0 saturated carbocycles. The molecule has 0 atom stereocenters. The first-order chi connectivity index (χ1) is 12.2. The molecule has 0 radical (unpaired) electrons. The maximum Gasteiger partial charge on any atom is 0.200 e. The largest absolute Gasteiger partial charge is 0.506 e. The SMILES string of the molecule is O=C(c1cnn(-c2c(F)c(F)cc(F)c2F)c1)c1cc(Cl)cc(Cl)c1O. The Balaban J connectivity index is 2.09. The molecule has 0 saturated heterocycles. The highest BCUT2D eigenvalue weighted by Gasteiger charge is 2.24. The molecule has 134 valence electrons. The number of phenolic OH excluding ortho intramolecular Hbond substituents is 1. The van der Waals surface area contributed by atoms with Crippen LogP contribution in [-0.4, -0.2) is 20.7 Å². The number of ketones is 1. The number of hydrogen-bond donors (Lipinski definition) is 1. The number of nitrogens with zero attached hydrogens (tertiary/aromatic N) is 2. The summed E-state index contributed by atoms with van der Waals surface area (Å²) < 4.78 is 54.8. The van der Waals surface area contributed by atoms with E-state index in [4.69, 9.17) is 23.2 Å². The molecule has 0 fully saturated rings. The van der Waals surface area contributed by atoms with Crippen LogP contribution in [0.1, 0.15) is 15.9 Å². The maximum atomic E-state index is 13.8. The van der Waals surface area contributed by atoms with E-state index in [0.717, 1.165) is 18.5 Å². The minimum atomic E-state index is -1.68. The van der Waals surface area contributed by atoms with Crippen molar-refractivity contribution < 1.29 is 27.5 Å². The van der Waals surface area contributed by atoms with Crippen molar-refractivity contribution in [1.29, 1.82) is 0 Å². The Hall–Kier alpha value is -2.58. The van der Waals surface area contributed by atoms with Crippen LogP contribution in [0.5, 0.6) is 5.75 Å². The molecule has 0 bridgehead atoms. The molecule has 1 heterocycles. The molecule has 0 spiro atoms. The molecule has 0 aliphatic heterocycles. The van der Waals surface area contributed by atoms with Crippen LogP contribution in [0.3, 0.4) is 0 Å². The zero-order valence-electron chi connectivity index (χ0n) is 12.4. The lowest BCUT2D eigenvalue weighted by atomic mass is 10.1. The van der Waals surface area contributed by atoms with Gasteiger partial charge in [-0.25, -0.2) is 22.2 Å². The van der Waals surface area contributed by atoms with E-state index in [-0.39, 0.29) is 27.2 Å². The molecule has 3 rings (SSSR count). The molecule has 1 aromatic heterocycles. The molecule has 0 unspecified atom stereocenters. The zero-order valence-corrected chi connectivity index (χ0v) is 13.9. The van der Waals surface area contributed by atoms with Gasteiger partial charge in [-0.15, -0.1) is 0 Å². The molecule has 4 nitrogen and oxygen atoms in total. The van der Waals surface area contributed by atoms with E-state index in [1.54, 1.807) is 0 Å². The van der Waals surface area contributed by atoms with Crippen LogP contribution in [0.25, 0.3) is 5.69 Å². The second-order valence-corrected chi connectivity index (χ2v) is 5.95. The van der Waals surface area contributed by atoms with E-state index in [0.29, 0.717) is 4.68 Å². The average Bonchev–Trinajstić information content (AvgIpc) is 3.05. The number of halogens is 6. The topological polar surface area (TPSA) is 55.1 Å². The number of rotatable bonds is 3. The van der Waals surface area contributed by atoms with Crippen molar-refractivity contribution in [3.8, 4) is 11.4 Å². The lowest BCUT2D eigenvalue weighted by Crippen LogP contribution is -2.07. The van der Waals surface area contributed by atoms with Crippen molar-refractivity contribution in [2.24, 2.45) is 0 Å². The number of carbonyl (C=O) groups is 1. The lowest BCUT2D eigenvalue weighted by Gasteiger charge is -2.07. The Morgan fingerprint density at radius 1 is 1.04 bits per heavy atom. The molecular formula is C16H6Cl2F4N2O2. The van der Waals surface area contributed by atoms with E-state index >= 15 is 0 Å². The minimum Gasteiger partial charge on any atom is -0.506 e. The molecule has 0 aliphatic carbocycles. The Morgan fingerprint density at radius 3 is 2.27 bits per heavy atom. The van der Waals surface area contributed by atoms with Gasteiger partial charge in [0.15, 0.2) is 29.1 Å². The van der Waals surface area contributed by atoms with Gasteiger partial charge in [-0.3, -0.25) is 4.79 Å². The van der Waals surface area contributed by atoms with Crippen LogP contribution in [0.2, 0.25) is 10.0 Å². The number of aromatic nitrogens is 2. The summed E-state index contributed by atoms with van der Waals surface area (Å²) in [5.74, 6) is -7.99. The van der Waals surface area contributed by atoms with Gasteiger partial charge in [-0.05, 0) is 12.1 Å². The first-order valence-corrected chi connectivity index (χ1v) is 7.57. The summed E-state index contributed by atoms with van der Waals surface area (Å²) in [5, 5.41) is 13.3. The Kier molecular flexibility index (Phi) is 4.64. The maximum absolute atomic E-state index is 13.8. The van der Waals surface area contributed by atoms with Gasteiger partial charge >= 0.3 is 0 Å². The van der Waals surface area contributed by atoms with Gasteiger partial charge in [0.05, 0.1) is 22.3 Å². The fourth-order valence-electron chi connectivity index (χ4n) is 2.22. The number of hydrogen-bond acceptors (Lipinski definition) is 3. The van der Waals surface area contributed by atoms with Crippen LogP contribution in [0, 0.1) is 23.3 Å². The van der Waals surface area contributed by atoms with E-state index < -0.39 is 40.5 Å². The van der Waals surface area contributed by atoms with Crippen molar-refractivity contribution in [2.75, 3.05) is 0 Å². The third-order valence-corrected chi connectivity index (χ3v) is 3.94. The molecule has 3 aromatic rings. The van der Waals surface area contributed by atoms with E-state index in [1.165, 1.54) is 6.07 Å². The van der Waals surface area contributed by atoms with Crippen molar-refractivity contribution in [2.45, 2.75) is 0 Å². The molecule has 2 aromatic carbocycles. The highest BCUT2D eigenvalue weighted by atomic mass is 35.5. The normalized spacial score (nSPS) is 11.0. The quantitative estimate of drug-likeness (QED) is 0.392. The van der Waals surface area contributed by atoms with E-state index in [2.05, 4.69) is 5.10 Å². The van der Waals surface area contributed by atoms with Crippen molar-refractivity contribution in [3.63, 3.8) is 0 Å². The van der Waals surface area contributed by atoms with Crippen molar-refractivity contribution in [1.82, 2.24) is 9.78 Å². The predicted molar refractivity (Wildman–Crippen MR) is 85.0 cm³/mol. The molecule has 1 N–H and O–H groups in total. The highest BCUT2D eigenvalue weighted by Crippen LogP contribution is 2.33. The van der Waals surface area contributed by atoms with E-state index in [9.17, 15) is 27.5 Å². The second-order valence-electron chi connectivity index (χ2n) is 5.10.